The van der Waals surface area contributed by atoms with E-state index < -0.39 is 0 Å². The van der Waals surface area contributed by atoms with Gasteiger partial charge in [-0.3, -0.25) is 9.89 Å². The summed E-state index contributed by atoms with van der Waals surface area (Å²) in [5.41, 5.74) is 0.562. The number of guanidine groups is 1. The van der Waals surface area contributed by atoms with Crippen molar-refractivity contribution in [1.29, 1.82) is 0 Å². The Morgan fingerprint density at radius 1 is 1.23 bits per heavy atom. The lowest BCUT2D eigenvalue weighted by Gasteiger charge is -2.41. The highest BCUT2D eigenvalue weighted by Crippen LogP contribution is 2.57. The van der Waals surface area contributed by atoms with Crippen LogP contribution in [0.3, 0.4) is 0 Å². The summed E-state index contributed by atoms with van der Waals surface area (Å²) >= 11 is 0. The van der Waals surface area contributed by atoms with Gasteiger partial charge < -0.3 is 15.4 Å². The first kappa shape index (κ1) is 16.1. The normalized spacial score (nSPS) is 25.6. The fourth-order valence-corrected chi connectivity index (χ4v) is 3.76. The van der Waals surface area contributed by atoms with Crippen LogP contribution < -0.4 is 10.6 Å². The molecule has 0 unspecified atom stereocenters. The van der Waals surface area contributed by atoms with Crippen LogP contribution in [0.1, 0.15) is 39.0 Å². The van der Waals surface area contributed by atoms with Gasteiger partial charge in [0.2, 0.25) is 0 Å². The lowest BCUT2D eigenvalue weighted by atomic mass is 9.65. The molecule has 1 heterocycles. The number of rotatable bonds is 7. The first-order valence-corrected chi connectivity index (χ1v) is 9.15. The molecule has 5 heteroatoms. The molecule has 0 bridgehead atoms. The summed E-state index contributed by atoms with van der Waals surface area (Å²) in [7, 11) is 0. The van der Waals surface area contributed by atoms with Crippen molar-refractivity contribution in [3.63, 3.8) is 0 Å². The maximum Gasteiger partial charge on any atom is 0.191 e. The van der Waals surface area contributed by atoms with Crippen LogP contribution >= 0.6 is 0 Å². The molecule has 126 valence electrons. The standard InChI is InChI=1S/C17H32N4O/c1-2-18-16(19-8-9-21-10-12-22-13-11-21)20-14-17(6-3-7-17)15-4-5-15/h15H,2-14H2,1H3,(H2,18,19,20). The third-order valence-electron chi connectivity index (χ3n) is 5.51. The van der Waals surface area contributed by atoms with Gasteiger partial charge in [-0.15, -0.1) is 0 Å². The van der Waals surface area contributed by atoms with E-state index in [1.807, 2.05) is 0 Å². The monoisotopic (exact) mass is 308 g/mol. The minimum absolute atomic E-state index is 0.562. The van der Waals surface area contributed by atoms with E-state index in [2.05, 4.69) is 22.5 Å². The second-order valence-corrected chi connectivity index (χ2v) is 7.07. The minimum atomic E-state index is 0.562. The predicted octanol–water partition coefficient (Wildman–Crippen LogP) is 1.45. The molecule has 5 nitrogen and oxygen atoms in total. The summed E-state index contributed by atoms with van der Waals surface area (Å²) < 4.78 is 5.39. The van der Waals surface area contributed by atoms with E-state index in [1.54, 1.807) is 0 Å². The van der Waals surface area contributed by atoms with Crippen molar-refractivity contribution in [3.05, 3.63) is 0 Å². The Morgan fingerprint density at radius 3 is 2.59 bits per heavy atom. The van der Waals surface area contributed by atoms with E-state index in [0.29, 0.717) is 5.41 Å². The van der Waals surface area contributed by atoms with Crippen molar-refractivity contribution >= 4 is 5.96 Å². The van der Waals surface area contributed by atoms with Gasteiger partial charge in [-0.2, -0.15) is 0 Å². The Kier molecular flexibility index (Phi) is 5.58. The molecule has 0 atom stereocenters. The Bertz CT molecular complexity index is 371. The van der Waals surface area contributed by atoms with E-state index in [4.69, 9.17) is 9.73 Å². The highest BCUT2D eigenvalue weighted by molar-refractivity contribution is 5.79. The number of morpholine rings is 1. The molecule has 3 rings (SSSR count). The van der Waals surface area contributed by atoms with E-state index in [9.17, 15) is 0 Å². The highest BCUT2D eigenvalue weighted by atomic mass is 16.5. The Labute approximate surface area is 134 Å². The molecule has 2 saturated carbocycles. The van der Waals surface area contributed by atoms with E-state index in [-0.39, 0.29) is 0 Å². The second-order valence-electron chi connectivity index (χ2n) is 7.07. The van der Waals surface area contributed by atoms with E-state index in [0.717, 1.165) is 64.4 Å². The molecule has 0 spiro atoms. The zero-order valence-corrected chi connectivity index (χ0v) is 14.1. The van der Waals surface area contributed by atoms with E-state index >= 15 is 0 Å². The van der Waals surface area contributed by atoms with Gasteiger partial charge in [0.25, 0.3) is 0 Å². The summed E-state index contributed by atoms with van der Waals surface area (Å²) in [5.74, 6) is 1.98. The molecule has 1 aliphatic heterocycles. The largest absolute Gasteiger partial charge is 0.379 e. The zero-order valence-electron chi connectivity index (χ0n) is 14.1. The molecule has 3 aliphatic rings. The van der Waals surface area contributed by atoms with Crippen LogP contribution in [0, 0.1) is 11.3 Å². The van der Waals surface area contributed by atoms with Crippen LogP contribution in [0.4, 0.5) is 0 Å². The first-order chi connectivity index (χ1) is 10.8. The molecule has 2 aliphatic carbocycles. The number of nitrogens with zero attached hydrogens (tertiary/aromatic N) is 2. The van der Waals surface area contributed by atoms with Crippen molar-refractivity contribution in [1.82, 2.24) is 15.5 Å². The van der Waals surface area contributed by atoms with Gasteiger partial charge in [0.1, 0.15) is 0 Å². The number of ether oxygens (including phenoxy) is 1. The van der Waals surface area contributed by atoms with E-state index in [1.165, 1.54) is 32.1 Å². The number of hydrogen-bond donors (Lipinski definition) is 2. The molecule has 0 aromatic heterocycles. The quantitative estimate of drug-likeness (QED) is 0.552. The van der Waals surface area contributed by atoms with Crippen LogP contribution in [-0.2, 0) is 4.74 Å². The average Bonchev–Trinajstić information content (AvgIpc) is 3.32. The molecule has 0 aromatic rings. The third-order valence-corrected chi connectivity index (χ3v) is 5.51. The van der Waals surface area contributed by atoms with Gasteiger partial charge in [0.15, 0.2) is 5.96 Å². The maximum atomic E-state index is 5.39. The molecular weight excluding hydrogens is 276 g/mol. The summed E-state index contributed by atoms with van der Waals surface area (Å²) in [6.07, 6.45) is 7.09. The SMILES string of the molecule is CCNC(=NCC1(C2CC2)CCC1)NCCN1CCOCC1. The molecular formula is C17H32N4O. The number of aliphatic imine (C=N–C) groups is 1. The van der Waals surface area contributed by atoms with Crippen molar-refractivity contribution in [2.24, 2.45) is 16.3 Å². The van der Waals surface area contributed by atoms with Crippen molar-refractivity contribution < 1.29 is 4.74 Å². The Morgan fingerprint density at radius 2 is 2.00 bits per heavy atom. The fraction of sp³-hybridized carbons (Fsp3) is 0.941. The summed E-state index contributed by atoms with van der Waals surface area (Å²) in [4.78, 5) is 7.36. The van der Waals surface area contributed by atoms with Crippen LogP contribution in [0.15, 0.2) is 4.99 Å². The highest BCUT2D eigenvalue weighted by Gasteiger charge is 2.48. The summed E-state index contributed by atoms with van der Waals surface area (Å²) in [6.45, 7) is 9.98. The van der Waals surface area contributed by atoms with Crippen molar-refractivity contribution in [2.45, 2.75) is 39.0 Å². The average molecular weight is 308 g/mol. The van der Waals surface area contributed by atoms with Crippen molar-refractivity contribution in [2.75, 3.05) is 52.5 Å². The maximum absolute atomic E-state index is 5.39. The van der Waals surface area contributed by atoms with Crippen molar-refractivity contribution in [3.8, 4) is 0 Å². The second kappa shape index (κ2) is 7.64. The first-order valence-electron chi connectivity index (χ1n) is 9.15. The van der Waals surface area contributed by atoms with Crippen LogP contribution in [0.5, 0.6) is 0 Å². The van der Waals surface area contributed by atoms with Gasteiger partial charge in [-0.05, 0) is 43.9 Å². The molecule has 0 aromatic carbocycles. The fourth-order valence-electron chi connectivity index (χ4n) is 3.76. The van der Waals surface area contributed by atoms with Crippen LogP contribution in [-0.4, -0.2) is 63.3 Å². The minimum Gasteiger partial charge on any atom is -0.379 e. The Hall–Kier alpha value is -0.810. The zero-order chi connectivity index (χ0) is 15.3. The van der Waals surface area contributed by atoms with Gasteiger partial charge in [0.05, 0.1) is 13.2 Å². The van der Waals surface area contributed by atoms with Gasteiger partial charge >= 0.3 is 0 Å². The Balaban J connectivity index is 1.43. The van der Waals surface area contributed by atoms with Gasteiger partial charge in [-0.1, -0.05) is 6.42 Å². The molecule has 22 heavy (non-hydrogen) atoms. The smallest absolute Gasteiger partial charge is 0.191 e. The summed E-state index contributed by atoms with van der Waals surface area (Å²) in [5, 5.41) is 6.90. The summed E-state index contributed by atoms with van der Waals surface area (Å²) in [6, 6.07) is 0. The lowest BCUT2D eigenvalue weighted by molar-refractivity contribution is 0.0389. The van der Waals surface area contributed by atoms with Gasteiger partial charge in [0, 0.05) is 39.3 Å². The number of hydrogen-bond acceptors (Lipinski definition) is 3. The molecule has 2 N–H and O–H groups in total. The molecule has 0 radical (unpaired) electrons. The van der Waals surface area contributed by atoms with Crippen LogP contribution in [0.2, 0.25) is 0 Å². The molecule has 1 saturated heterocycles. The third kappa shape index (κ3) is 4.13. The molecule has 0 amide bonds. The lowest BCUT2D eigenvalue weighted by Crippen LogP contribution is -2.45. The van der Waals surface area contributed by atoms with Crippen LogP contribution in [0.25, 0.3) is 0 Å². The predicted molar refractivity (Wildman–Crippen MR) is 90.2 cm³/mol. The van der Waals surface area contributed by atoms with Gasteiger partial charge in [-0.25, -0.2) is 0 Å². The molecule has 3 fully saturated rings. The topological polar surface area (TPSA) is 48.9 Å². The number of nitrogens with one attached hydrogen (secondary N) is 2.